The Labute approximate surface area is 185 Å². The van der Waals surface area contributed by atoms with Crippen LogP contribution in [0.5, 0.6) is 0 Å². The van der Waals surface area contributed by atoms with E-state index in [1.165, 1.54) is 4.31 Å². The molecule has 174 valence electrons. The maximum Gasteiger partial charge on any atom is 0.243 e. The lowest BCUT2D eigenvalue weighted by atomic mass is 10.1. The average molecular weight is 473 g/mol. The number of carbonyl (C=O) groups is 1. The number of hydrogen-bond donors (Lipinski definition) is 2. The molecule has 2 heterocycles. The molecule has 2 fully saturated rings. The van der Waals surface area contributed by atoms with Gasteiger partial charge in [0.2, 0.25) is 26.0 Å². The lowest BCUT2D eigenvalue weighted by Crippen LogP contribution is -2.46. The SMILES string of the molecule is Cc1ccc(NC(=O)CN2CCC(NS(C)(=O)=O)CC2)cc1S(=O)(=O)N1CCCCC1. The minimum atomic E-state index is -3.58. The topological polar surface area (TPSA) is 116 Å². The van der Waals surface area contributed by atoms with E-state index in [-0.39, 0.29) is 23.4 Å². The minimum absolute atomic E-state index is 0.103. The Balaban J connectivity index is 1.59. The Hall–Kier alpha value is -1.53. The molecular formula is C20H32N4O5S2. The van der Waals surface area contributed by atoms with Crippen molar-refractivity contribution in [3.63, 3.8) is 0 Å². The quantitative estimate of drug-likeness (QED) is 0.614. The Bertz CT molecular complexity index is 996. The third-order valence-electron chi connectivity index (χ3n) is 5.74. The predicted molar refractivity (Wildman–Crippen MR) is 120 cm³/mol. The highest BCUT2D eigenvalue weighted by molar-refractivity contribution is 7.89. The second kappa shape index (κ2) is 9.95. The summed E-state index contributed by atoms with van der Waals surface area (Å²) in [5.41, 5.74) is 1.11. The van der Waals surface area contributed by atoms with E-state index < -0.39 is 20.0 Å². The number of amides is 1. The Morgan fingerprint density at radius 2 is 1.68 bits per heavy atom. The fourth-order valence-corrected chi connectivity index (χ4v) is 6.72. The molecule has 2 saturated heterocycles. The van der Waals surface area contributed by atoms with Crippen molar-refractivity contribution < 1.29 is 21.6 Å². The second-order valence-electron chi connectivity index (χ2n) is 8.43. The summed E-state index contributed by atoms with van der Waals surface area (Å²) >= 11 is 0. The number of carbonyl (C=O) groups excluding carboxylic acids is 1. The first-order chi connectivity index (χ1) is 14.5. The highest BCUT2D eigenvalue weighted by atomic mass is 32.2. The number of anilines is 1. The Morgan fingerprint density at radius 1 is 1.03 bits per heavy atom. The molecule has 9 nitrogen and oxygen atoms in total. The lowest BCUT2D eigenvalue weighted by Gasteiger charge is -2.31. The number of nitrogens with one attached hydrogen (secondary N) is 2. The van der Waals surface area contributed by atoms with Crippen LogP contribution in [-0.2, 0) is 24.8 Å². The van der Waals surface area contributed by atoms with Crippen molar-refractivity contribution in [3.05, 3.63) is 23.8 Å². The first kappa shape index (κ1) is 24.1. The number of nitrogens with zero attached hydrogens (tertiary/aromatic N) is 2. The van der Waals surface area contributed by atoms with Gasteiger partial charge in [0.25, 0.3) is 0 Å². The number of sulfonamides is 2. The van der Waals surface area contributed by atoms with Crippen LogP contribution in [-0.4, -0.2) is 77.0 Å². The number of aryl methyl sites for hydroxylation is 1. The molecule has 0 bridgehead atoms. The average Bonchev–Trinajstić information content (AvgIpc) is 2.70. The second-order valence-corrected chi connectivity index (χ2v) is 12.1. The summed E-state index contributed by atoms with van der Waals surface area (Å²) in [6, 6.07) is 4.87. The van der Waals surface area contributed by atoms with Crippen molar-refractivity contribution in [1.29, 1.82) is 0 Å². The van der Waals surface area contributed by atoms with E-state index in [1.807, 2.05) is 4.90 Å². The number of rotatable bonds is 7. The Morgan fingerprint density at radius 3 is 2.29 bits per heavy atom. The number of benzene rings is 1. The smallest absolute Gasteiger partial charge is 0.243 e. The molecule has 1 aromatic rings. The van der Waals surface area contributed by atoms with Gasteiger partial charge in [0.1, 0.15) is 0 Å². The highest BCUT2D eigenvalue weighted by Crippen LogP contribution is 2.26. The van der Waals surface area contributed by atoms with Crippen LogP contribution in [0.2, 0.25) is 0 Å². The van der Waals surface area contributed by atoms with E-state index in [2.05, 4.69) is 10.0 Å². The van der Waals surface area contributed by atoms with Gasteiger partial charge in [-0.25, -0.2) is 21.6 Å². The molecule has 1 amide bonds. The van der Waals surface area contributed by atoms with Gasteiger partial charge in [-0.05, 0) is 50.3 Å². The molecule has 0 atom stereocenters. The van der Waals surface area contributed by atoms with Crippen LogP contribution >= 0.6 is 0 Å². The minimum Gasteiger partial charge on any atom is -0.325 e. The van der Waals surface area contributed by atoms with Gasteiger partial charge in [0, 0.05) is 37.9 Å². The summed E-state index contributed by atoms with van der Waals surface area (Å²) in [6.45, 7) is 4.22. The molecule has 2 N–H and O–H groups in total. The molecule has 0 unspecified atom stereocenters. The van der Waals surface area contributed by atoms with E-state index in [4.69, 9.17) is 0 Å². The monoisotopic (exact) mass is 472 g/mol. The molecule has 0 radical (unpaired) electrons. The van der Waals surface area contributed by atoms with E-state index in [9.17, 15) is 21.6 Å². The molecule has 0 spiro atoms. The van der Waals surface area contributed by atoms with Crippen molar-refractivity contribution >= 4 is 31.6 Å². The van der Waals surface area contributed by atoms with Crippen LogP contribution in [0.4, 0.5) is 5.69 Å². The van der Waals surface area contributed by atoms with Crippen molar-refractivity contribution in [2.75, 3.05) is 44.3 Å². The van der Waals surface area contributed by atoms with Gasteiger partial charge in [-0.3, -0.25) is 9.69 Å². The van der Waals surface area contributed by atoms with E-state index in [0.717, 1.165) is 25.5 Å². The van der Waals surface area contributed by atoms with Crippen LogP contribution in [0, 0.1) is 6.92 Å². The maximum atomic E-state index is 13.0. The molecule has 0 saturated carbocycles. The largest absolute Gasteiger partial charge is 0.325 e. The molecule has 3 rings (SSSR count). The third kappa shape index (κ3) is 6.72. The zero-order valence-electron chi connectivity index (χ0n) is 18.1. The first-order valence-electron chi connectivity index (χ1n) is 10.6. The van der Waals surface area contributed by atoms with Crippen molar-refractivity contribution in [2.24, 2.45) is 0 Å². The third-order valence-corrected chi connectivity index (χ3v) is 8.54. The molecule has 0 aromatic heterocycles. The van der Waals surface area contributed by atoms with Gasteiger partial charge in [-0.2, -0.15) is 4.31 Å². The first-order valence-corrected chi connectivity index (χ1v) is 14.0. The molecular weight excluding hydrogens is 440 g/mol. The van der Waals surface area contributed by atoms with E-state index in [0.29, 0.717) is 50.3 Å². The fourth-order valence-electron chi connectivity index (χ4n) is 4.12. The summed E-state index contributed by atoms with van der Waals surface area (Å²) in [7, 11) is -6.82. The van der Waals surface area contributed by atoms with E-state index >= 15 is 0 Å². The van der Waals surface area contributed by atoms with Gasteiger partial charge < -0.3 is 5.32 Å². The van der Waals surface area contributed by atoms with Crippen molar-refractivity contribution in [1.82, 2.24) is 13.9 Å². The maximum absolute atomic E-state index is 13.0. The zero-order chi connectivity index (χ0) is 22.6. The summed E-state index contributed by atoms with van der Waals surface area (Å²) in [5, 5.41) is 2.81. The Kier molecular flexibility index (Phi) is 7.74. The summed E-state index contributed by atoms with van der Waals surface area (Å²) in [4.78, 5) is 14.7. The van der Waals surface area contributed by atoms with Crippen molar-refractivity contribution in [3.8, 4) is 0 Å². The molecule has 1 aromatic carbocycles. The number of piperidine rings is 2. The number of likely N-dealkylation sites (tertiary alicyclic amines) is 1. The zero-order valence-corrected chi connectivity index (χ0v) is 19.8. The molecule has 31 heavy (non-hydrogen) atoms. The fraction of sp³-hybridized carbons (Fsp3) is 0.650. The normalized spacial score (nSPS) is 19.9. The van der Waals surface area contributed by atoms with Crippen LogP contribution in [0.1, 0.15) is 37.7 Å². The highest BCUT2D eigenvalue weighted by Gasteiger charge is 2.28. The summed E-state index contributed by atoms with van der Waals surface area (Å²) in [5.74, 6) is -0.223. The van der Waals surface area contributed by atoms with Gasteiger partial charge in [0.05, 0.1) is 17.7 Å². The predicted octanol–water partition coefficient (Wildman–Crippen LogP) is 1.12. The number of hydrogen-bond acceptors (Lipinski definition) is 6. The van der Waals surface area contributed by atoms with Gasteiger partial charge in [-0.1, -0.05) is 12.5 Å². The van der Waals surface area contributed by atoms with Crippen LogP contribution in [0.15, 0.2) is 23.1 Å². The van der Waals surface area contributed by atoms with Crippen LogP contribution in [0.25, 0.3) is 0 Å². The van der Waals surface area contributed by atoms with E-state index in [1.54, 1.807) is 25.1 Å². The standard InChI is InChI=1S/C20H32N4O5S2/c1-16-6-7-18(14-19(16)31(28,29)24-10-4-3-5-11-24)21-20(25)15-23-12-8-17(9-13-23)22-30(2,26)27/h6-7,14,17,22H,3-5,8-13,15H2,1-2H3,(H,21,25). The summed E-state index contributed by atoms with van der Waals surface area (Å²) < 4.78 is 52.9. The van der Waals surface area contributed by atoms with Crippen LogP contribution in [0.3, 0.4) is 0 Å². The van der Waals surface area contributed by atoms with Crippen molar-refractivity contribution in [2.45, 2.75) is 50.0 Å². The molecule has 11 heteroatoms. The summed E-state index contributed by atoms with van der Waals surface area (Å²) in [6.07, 6.45) is 5.21. The van der Waals surface area contributed by atoms with Gasteiger partial charge in [-0.15, -0.1) is 0 Å². The van der Waals surface area contributed by atoms with Crippen LogP contribution < -0.4 is 10.0 Å². The van der Waals surface area contributed by atoms with Gasteiger partial charge >= 0.3 is 0 Å². The molecule has 2 aliphatic heterocycles. The molecule has 2 aliphatic rings. The lowest BCUT2D eigenvalue weighted by molar-refractivity contribution is -0.117. The molecule has 0 aliphatic carbocycles. The van der Waals surface area contributed by atoms with Gasteiger partial charge in [0.15, 0.2) is 0 Å².